The van der Waals surface area contributed by atoms with Crippen LogP contribution in [0.3, 0.4) is 0 Å². The maximum absolute atomic E-state index is 12.5. The number of carbonyl (C=O) groups is 2. The van der Waals surface area contributed by atoms with E-state index >= 15 is 0 Å². The molecule has 0 atom stereocenters. The van der Waals surface area contributed by atoms with Gasteiger partial charge in [0.05, 0.1) is 12.1 Å². The Morgan fingerprint density at radius 1 is 1.13 bits per heavy atom. The van der Waals surface area contributed by atoms with E-state index < -0.39 is 0 Å². The number of thiazole rings is 1. The fourth-order valence-corrected chi connectivity index (χ4v) is 3.80. The van der Waals surface area contributed by atoms with Crippen molar-refractivity contribution in [2.45, 2.75) is 26.9 Å². The standard InChI is InChI=1S/C23H24ClN3O3S/c1-3-27(4-2)23(29)16-6-5-7-18(12-16)25-21(28)13-19-15-31-22(26-19)14-30-20-10-8-17(24)9-11-20/h5-12,15H,3-4,13-14H2,1-2H3,(H,25,28). The molecule has 2 amide bonds. The van der Waals surface area contributed by atoms with E-state index in [0.717, 1.165) is 5.01 Å². The second-order valence-corrected chi connectivity index (χ2v) is 8.14. The molecule has 2 aromatic carbocycles. The Bertz CT molecular complexity index is 1030. The van der Waals surface area contributed by atoms with Gasteiger partial charge in [-0.3, -0.25) is 9.59 Å². The van der Waals surface area contributed by atoms with E-state index in [9.17, 15) is 9.59 Å². The van der Waals surface area contributed by atoms with Crippen LogP contribution in [-0.2, 0) is 17.8 Å². The van der Waals surface area contributed by atoms with Crippen molar-refractivity contribution in [2.24, 2.45) is 0 Å². The van der Waals surface area contributed by atoms with Crippen LogP contribution in [-0.4, -0.2) is 34.8 Å². The normalized spacial score (nSPS) is 10.5. The minimum atomic E-state index is -0.192. The molecule has 0 saturated heterocycles. The molecule has 1 N–H and O–H groups in total. The molecular formula is C23H24ClN3O3S. The Labute approximate surface area is 190 Å². The zero-order chi connectivity index (χ0) is 22.2. The number of nitrogens with zero attached hydrogens (tertiary/aromatic N) is 2. The van der Waals surface area contributed by atoms with Crippen molar-refractivity contribution in [3.05, 3.63) is 75.2 Å². The maximum atomic E-state index is 12.5. The molecule has 0 saturated carbocycles. The minimum Gasteiger partial charge on any atom is -0.486 e. The lowest BCUT2D eigenvalue weighted by Crippen LogP contribution is -2.30. The van der Waals surface area contributed by atoms with Crippen molar-refractivity contribution in [3.63, 3.8) is 0 Å². The summed E-state index contributed by atoms with van der Waals surface area (Å²) in [5, 5.41) is 6.12. The predicted octanol–water partition coefficient (Wildman–Crippen LogP) is 5.04. The van der Waals surface area contributed by atoms with Crippen molar-refractivity contribution in [2.75, 3.05) is 18.4 Å². The van der Waals surface area contributed by atoms with Crippen molar-refractivity contribution in [1.82, 2.24) is 9.88 Å². The lowest BCUT2D eigenvalue weighted by atomic mass is 10.1. The summed E-state index contributed by atoms with van der Waals surface area (Å²) < 4.78 is 5.69. The van der Waals surface area contributed by atoms with Crippen LogP contribution in [0.15, 0.2) is 53.9 Å². The summed E-state index contributed by atoms with van der Waals surface area (Å²) in [5.41, 5.74) is 1.81. The van der Waals surface area contributed by atoms with E-state index in [2.05, 4.69) is 10.3 Å². The first-order valence-electron chi connectivity index (χ1n) is 9.99. The van der Waals surface area contributed by atoms with E-state index in [4.69, 9.17) is 16.3 Å². The number of anilines is 1. The molecule has 8 heteroatoms. The number of aromatic nitrogens is 1. The topological polar surface area (TPSA) is 71.5 Å². The molecule has 3 aromatic rings. The molecule has 162 valence electrons. The Morgan fingerprint density at radius 3 is 2.58 bits per heavy atom. The molecule has 0 aliphatic heterocycles. The van der Waals surface area contributed by atoms with E-state index in [1.165, 1.54) is 11.3 Å². The summed E-state index contributed by atoms with van der Waals surface area (Å²) in [5.74, 6) is 0.465. The largest absolute Gasteiger partial charge is 0.486 e. The number of amides is 2. The third kappa shape index (κ3) is 6.54. The van der Waals surface area contributed by atoms with Crippen LogP contribution in [0.2, 0.25) is 5.02 Å². The van der Waals surface area contributed by atoms with Gasteiger partial charge in [-0.05, 0) is 56.3 Å². The highest BCUT2D eigenvalue weighted by atomic mass is 35.5. The third-order valence-electron chi connectivity index (χ3n) is 4.56. The number of hydrogen-bond acceptors (Lipinski definition) is 5. The lowest BCUT2D eigenvalue weighted by Gasteiger charge is -2.19. The Morgan fingerprint density at radius 2 is 1.87 bits per heavy atom. The molecule has 3 rings (SSSR count). The predicted molar refractivity (Wildman–Crippen MR) is 124 cm³/mol. The van der Waals surface area contributed by atoms with Gasteiger partial charge in [-0.15, -0.1) is 11.3 Å². The quantitative estimate of drug-likeness (QED) is 0.488. The van der Waals surface area contributed by atoms with Gasteiger partial charge in [0.25, 0.3) is 5.91 Å². The average molecular weight is 458 g/mol. The van der Waals surface area contributed by atoms with Crippen LogP contribution in [0.5, 0.6) is 5.75 Å². The molecule has 0 bridgehead atoms. The number of halogens is 1. The molecule has 0 radical (unpaired) electrons. The molecule has 0 aliphatic rings. The lowest BCUT2D eigenvalue weighted by molar-refractivity contribution is -0.115. The van der Waals surface area contributed by atoms with Crippen molar-refractivity contribution in [3.8, 4) is 5.75 Å². The number of nitrogens with one attached hydrogen (secondary N) is 1. The Balaban J connectivity index is 1.55. The highest BCUT2D eigenvalue weighted by Gasteiger charge is 2.14. The van der Waals surface area contributed by atoms with Gasteiger partial charge in [0.2, 0.25) is 5.91 Å². The van der Waals surface area contributed by atoms with Gasteiger partial charge in [-0.1, -0.05) is 17.7 Å². The summed E-state index contributed by atoms with van der Waals surface area (Å²) in [7, 11) is 0. The molecule has 0 unspecified atom stereocenters. The van der Waals surface area contributed by atoms with Gasteiger partial charge in [0, 0.05) is 34.7 Å². The number of benzene rings is 2. The highest BCUT2D eigenvalue weighted by molar-refractivity contribution is 7.09. The third-order valence-corrected chi connectivity index (χ3v) is 5.68. The van der Waals surface area contributed by atoms with Gasteiger partial charge in [-0.2, -0.15) is 0 Å². The van der Waals surface area contributed by atoms with Gasteiger partial charge >= 0.3 is 0 Å². The highest BCUT2D eigenvalue weighted by Crippen LogP contribution is 2.19. The zero-order valence-corrected chi connectivity index (χ0v) is 19.0. The smallest absolute Gasteiger partial charge is 0.253 e. The van der Waals surface area contributed by atoms with E-state index in [1.54, 1.807) is 53.4 Å². The number of hydrogen-bond donors (Lipinski definition) is 1. The van der Waals surface area contributed by atoms with Crippen LogP contribution >= 0.6 is 22.9 Å². The molecule has 1 aromatic heterocycles. The average Bonchev–Trinajstić information content (AvgIpc) is 3.21. The van der Waals surface area contributed by atoms with Gasteiger partial charge in [0.15, 0.2) is 0 Å². The first-order valence-corrected chi connectivity index (χ1v) is 11.2. The minimum absolute atomic E-state index is 0.0501. The molecule has 0 fully saturated rings. The van der Waals surface area contributed by atoms with Crippen LogP contribution in [0, 0.1) is 0 Å². The molecular weight excluding hydrogens is 434 g/mol. The SMILES string of the molecule is CCN(CC)C(=O)c1cccc(NC(=O)Cc2csc(COc3ccc(Cl)cc3)n2)c1. The number of rotatable bonds is 9. The van der Waals surface area contributed by atoms with Crippen LogP contribution in [0.4, 0.5) is 5.69 Å². The van der Waals surface area contributed by atoms with Gasteiger partial charge < -0.3 is 15.0 Å². The van der Waals surface area contributed by atoms with E-state index in [-0.39, 0.29) is 18.2 Å². The summed E-state index contributed by atoms with van der Waals surface area (Å²) >= 11 is 7.31. The molecule has 6 nitrogen and oxygen atoms in total. The second kappa shape index (κ2) is 10.9. The molecule has 0 spiro atoms. The molecule has 1 heterocycles. The molecule has 0 aliphatic carbocycles. The van der Waals surface area contributed by atoms with Gasteiger partial charge in [-0.25, -0.2) is 4.98 Å². The summed E-state index contributed by atoms with van der Waals surface area (Å²) in [4.78, 5) is 31.2. The number of carbonyl (C=O) groups excluding carboxylic acids is 2. The first kappa shape index (κ1) is 22.8. The van der Waals surface area contributed by atoms with Crippen molar-refractivity contribution >= 4 is 40.4 Å². The Kier molecular flexibility index (Phi) is 8.03. The second-order valence-electron chi connectivity index (χ2n) is 6.76. The first-order chi connectivity index (χ1) is 15.0. The monoisotopic (exact) mass is 457 g/mol. The Hall–Kier alpha value is -2.90. The summed E-state index contributed by atoms with van der Waals surface area (Å²) in [6.07, 6.45) is 0.145. The summed E-state index contributed by atoms with van der Waals surface area (Å²) in [6.45, 7) is 5.48. The van der Waals surface area contributed by atoms with Crippen LogP contribution < -0.4 is 10.1 Å². The van der Waals surface area contributed by atoms with Crippen molar-refractivity contribution < 1.29 is 14.3 Å². The van der Waals surface area contributed by atoms with Crippen LogP contribution in [0.25, 0.3) is 0 Å². The zero-order valence-electron chi connectivity index (χ0n) is 17.4. The summed E-state index contributed by atoms with van der Waals surface area (Å²) in [6, 6.07) is 14.1. The maximum Gasteiger partial charge on any atom is 0.253 e. The fraction of sp³-hybridized carbons (Fsp3) is 0.261. The van der Waals surface area contributed by atoms with Crippen LogP contribution in [0.1, 0.15) is 34.9 Å². The van der Waals surface area contributed by atoms with E-state index in [0.29, 0.717) is 47.4 Å². The van der Waals surface area contributed by atoms with Crippen molar-refractivity contribution in [1.29, 1.82) is 0 Å². The fourth-order valence-electron chi connectivity index (χ4n) is 2.97. The number of ether oxygens (including phenoxy) is 1. The van der Waals surface area contributed by atoms with E-state index in [1.807, 2.05) is 19.2 Å². The van der Waals surface area contributed by atoms with Gasteiger partial charge in [0.1, 0.15) is 17.4 Å². The molecule has 31 heavy (non-hydrogen) atoms.